The number of thiazole rings is 1. The number of hydrogen-bond donors (Lipinski definition) is 1. The molecule has 0 unspecified atom stereocenters. The van der Waals surface area contributed by atoms with E-state index in [1.54, 1.807) is 36.4 Å². The predicted octanol–water partition coefficient (Wildman–Crippen LogP) is 5.26. The van der Waals surface area contributed by atoms with Crippen molar-refractivity contribution in [1.82, 2.24) is 9.97 Å². The second kappa shape index (κ2) is 12.3. The minimum atomic E-state index is -0.840. The van der Waals surface area contributed by atoms with Gasteiger partial charge in [0.15, 0.2) is 0 Å². The topological polar surface area (TPSA) is 81.5 Å². The number of aryl methyl sites for hydroxylation is 2. The van der Waals surface area contributed by atoms with Gasteiger partial charge in [-0.05, 0) is 49.1 Å². The van der Waals surface area contributed by atoms with Gasteiger partial charge < -0.3 is 14.6 Å². The fourth-order valence-electron chi connectivity index (χ4n) is 2.95. The first-order valence-electron chi connectivity index (χ1n) is 10.1. The van der Waals surface area contributed by atoms with E-state index < -0.39 is 5.97 Å². The van der Waals surface area contributed by atoms with Crippen molar-refractivity contribution in [3.8, 4) is 11.5 Å². The van der Waals surface area contributed by atoms with Crippen molar-refractivity contribution in [2.45, 2.75) is 42.9 Å². The lowest BCUT2D eigenvalue weighted by Crippen LogP contribution is -2.05. The van der Waals surface area contributed by atoms with Gasteiger partial charge in [-0.15, -0.1) is 11.3 Å². The van der Waals surface area contributed by atoms with Crippen molar-refractivity contribution in [1.29, 1.82) is 0 Å². The van der Waals surface area contributed by atoms with Crippen molar-refractivity contribution in [2.24, 2.45) is 0 Å². The van der Waals surface area contributed by atoms with Crippen LogP contribution in [0.5, 0.6) is 11.5 Å². The first-order valence-corrected chi connectivity index (χ1v) is 12.0. The molecule has 0 spiro atoms. The van der Waals surface area contributed by atoms with Gasteiger partial charge >= 0.3 is 5.97 Å². The summed E-state index contributed by atoms with van der Waals surface area (Å²) in [5, 5.41) is 12.9. The molecule has 0 amide bonds. The molecule has 0 saturated carbocycles. The predicted molar refractivity (Wildman–Crippen MR) is 123 cm³/mol. The Hall–Kier alpha value is -2.58. The molecule has 0 fully saturated rings. The fourth-order valence-corrected chi connectivity index (χ4v) is 4.48. The zero-order chi connectivity index (χ0) is 21.9. The summed E-state index contributed by atoms with van der Waals surface area (Å²) in [4.78, 5) is 20.0. The Bertz CT molecular complexity index is 947. The zero-order valence-electron chi connectivity index (χ0n) is 17.5. The van der Waals surface area contributed by atoms with Crippen molar-refractivity contribution in [3.05, 3.63) is 64.2 Å². The Morgan fingerprint density at radius 1 is 1.13 bits per heavy atom. The number of pyridine rings is 1. The van der Waals surface area contributed by atoms with Gasteiger partial charge in [0.05, 0.1) is 36.6 Å². The number of hydrogen-bond acceptors (Lipinski definition) is 7. The number of methoxy groups -OCH3 is 1. The van der Waals surface area contributed by atoms with Gasteiger partial charge in [0.2, 0.25) is 0 Å². The summed E-state index contributed by atoms with van der Waals surface area (Å²) in [6.45, 7) is 0.573. The van der Waals surface area contributed by atoms with Crippen LogP contribution in [0.3, 0.4) is 0 Å². The van der Waals surface area contributed by atoms with Crippen LogP contribution in [0.25, 0.3) is 0 Å². The molecular weight excluding hydrogens is 432 g/mol. The molecule has 2 aromatic heterocycles. The summed E-state index contributed by atoms with van der Waals surface area (Å²) in [7, 11) is 1.66. The highest BCUT2D eigenvalue weighted by molar-refractivity contribution is 7.98. The fraction of sp³-hybridized carbons (Fsp3) is 0.348. The van der Waals surface area contributed by atoms with E-state index in [4.69, 9.17) is 14.6 Å². The van der Waals surface area contributed by atoms with Crippen molar-refractivity contribution >= 4 is 29.1 Å². The van der Waals surface area contributed by atoms with Gasteiger partial charge in [-0.1, -0.05) is 23.9 Å². The summed E-state index contributed by atoms with van der Waals surface area (Å²) in [6, 6.07) is 11.9. The van der Waals surface area contributed by atoms with E-state index >= 15 is 0 Å². The minimum absolute atomic E-state index is 0.0292. The maximum atomic E-state index is 11.0. The average Bonchev–Trinajstić information content (AvgIpc) is 3.31. The molecule has 6 nitrogen and oxygen atoms in total. The highest BCUT2D eigenvalue weighted by Crippen LogP contribution is 2.27. The molecule has 0 atom stereocenters. The molecule has 0 bridgehead atoms. The van der Waals surface area contributed by atoms with Crippen LogP contribution in [0, 0.1) is 0 Å². The molecule has 0 radical (unpaired) electrons. The van der Waals surface area contributed by atoms with Gasteiger partial charge in [0.25, 0.3) is 0 Å². The van der Waals surface area contributed by atoms with Gasteiger partial charge in [0, 0.05) is 18.0 Å². The normalized spacial score (nSPS) is 10.7. The molecular formula is C23H26N2O4S2. The first-order chi connectivity index (χ1) is 15.1. The maximum Gasteiger partial charge on any atom is 0.303 e. The highest BCUT2D eigenvalue weighted by Gasteiger charge is 2.11. The number of aromatic nitrogens is 2. The smallest absolute Gasteiger partial charge is 0.303 e. The number of rotatable bonds is 13. The maximum absolute atomic E-state index is 11.0. The Morgan fingerprint density at radius 2 is 1.97 bits per heavy atom. The molecule has 31 heavy (non-hydrogen) atoms. The first kappa shape index (κ1) is 23.1. The van der Waals surface area contributed by atoms with Crippen LogP contribution in [0.2, 0.25) is 0 Å². The lowest BCUT2D eigenvalue weighted by Gasteiger charge is -2.12. The van der Waals surface area contributed by atoms with E-state index in [1.807, 2.05) is 29.6 Å². The Balaban J connectivity index is 1.50. The third kappa shape index (κ3) is 7.88. The van der Waals surface area contributed by atoms with E-state index in [-0.39, 0.29) is 6.42 Å². The number of benzene rings is 1. The molecule has 164 valence electrons. The number of thioether (sulfide) groups is 1. The van der Waals surface area contributed by atoms with Gasteiger partial charge in [-0.3, -0.25) is 4.79 Å². The van der Waals surface area contributed by atoms with Crippen LogP contribution < -0.4 is 9.47 Å². The largest absolute Gasteiger partial charge is 0.497 e. The van der Waals surface area contributed by atoms with E-state index in [0.717, 1.165) is 40.8 Å². The SMILES string of the molecule is COc1ccc(CCCCOc2ccc(SCc3nccs3)nc2CCC(=O)O)cc1. The molecule has 3 rings (SSSR count). The van der Waals surface area contributed by atoms with E-state index in [9.17, 15) is 4.79 Å². The average molecular weight is 459 g/mol. The van der Waals surface area contributed by atoms with Gasteiger partial charge in [0.1, 0.15) is 16.5 Å². The summed E-state index contributed by atoms with van der Waals surface area (Å²) in [5.74, 6) is 1.44. The summed E-state index contributed by atoms with van der Waals surface area (Å²) >= 11 is 3.20. The number of aliphatic carboxylic acids is 1. The third-order valence-corrected chi connectivity index (χ3v) is 6.49. The lowest BCUT2D eigenvalue weighted by atomic mass is 10.1. The molecule has 3 aromatic rings. The summed E-state index contributed by atoms with van der Waals surface area (Å²) in [6.07, 6.45) is 5.06. The Morgan fingerprint density at radius 3 is 2.68 bits per heavy atom. The van der Waals surface area contributed by atoms with E-state index in [2.05, 4.69) is 22.1 Å². The number of unbranched alkanes of at least 4 members (excludes halogenated alkanes) is 1. The van der Waals surface area contributed by atoms with Crippen LogP contribution in [0.4, 0.5) is 0 Å². The highest BCUT2D eigenvalue weighted by atomic mass is 32.2. The second-order valence-electron chi connectivity index (χ2n) is 6.86. The lowest BCUT2D eigenvalue weighted by molar-refractivity contribution is -0.136. The van der Waals surface area contributed by atoms with E-state index in [0.29, 0.717) is 24.5 Å². The van der Waals surface area contributed by atoms with Crippen molar-refractivity contribution < 1.29 is 19.4 Å². The van der Waals surface area contributed by atoms with Crippen LogP contribution in [-0.2, 0) is 23.4 Å². The van der Waals surface area contributed by atoms with Crippen molar-refractivity contribution in [2.75, 3.05) is 13.7 Å². The van der Waals surface area contributed by atoms with Crippen LogP contribution in [0.1, 0.15) is 35.5 Å². The van der Waals surface area contributed by atoms with Gasteiger partial charge in [-0.2, -0.15) is 0 Å². The molecule has 1 aromatic carbocycles. The van der Waals surface area contributed by atoms with Crippen LogP contribution >= 0.6 is 23.1 Å². The van der Waals surface area contributed by atoms with Crippen molar-refractivity contribution in [3.63, 3.8) is 0 Å². The zero-order valence-corrected chi connectivity index (χ0v) is 19.1. The number of carboxylic acid groups (broad SMARTS) is 1. The number of nitrogens with zero attached hydrogens (tertiary/aromatic N) is 2. The Kier molecular flexibility index (Phi) is 9.17. The molecule has 8 heteroatoms. The van der Waals surface area contributed by atoms with E-state index in [1.165, 1.54) is 5.56 Å². The summed E-state index contributed by atoms with van der Waals surface area (Å²) < 4.78 is 11.1. The van der Waals surface area contributed by atoms with Crippen LogP contribution in [-0.4, -0.2) is 34.8 Å². The molecule has 0 aliphatic carbocycles. The molecule has 0 aliphatic rings. The molecule has 0 aliphatic heterocycles. The minimum Gasteiger partial charge on any atom is -0.497 e. The third-order valence-electron chi connectivity index (χ3n) is 4.59. The molecule has 0 saturated heterocycles. The molecule has 2 heterocycles. The van der Waals surface area contributed by atoms with Crippen LogP contribution in [0.15, 0.2) is 53.0 Å². The molecule has 1 N–H and O–H groups in total. The second-order valence-corrected chi connectivity index (χ2v) is 8.83. The monoisotopic (exact) mass is 458 g/mol. The summed E-state index contributed by atoms with van der Waals surface area (Å²) in [5.41, 5.74) is 1.97. The quantitative estimate of drug-likeness (QED) is 0.276. The standard InChI is InChI=1S/C23H26N2O4S2/c1-28-18-7-5-17(6-8-18)4-2-3-14-29-20-10-11-21(25-19(20)9-12-23(26)27)31-16-22-24-13-15-30-22/h5-8,10-11,13,15H,2-4,9,12,14,16H2,1H3,(H,26,27). The number of carbonyl (C=O) groups is 1. The Labute approximate surface area is 190 Å². The number of ether oxygens (including phenoxy) is 2. The van der Waals surface area contributed by atoms with Gasteiger partial charge in [-0.25, -0.2) is 9.97 Å². The number of carboxylic acids is 1.